The van der Waals surface area contributed by atoms with Crippen molar-refractivity contribution in [3.63, 3.8) is 0 Å². The van der Waals surface area contributed by atoms with E-state index >= 15 is 0 Å². The van der Waals surface area contributed by atoms with E-state index < -0.39 is 0 Å². The van der Waals surface area contributed by atoms with Crippen LogP contribution >= 0.6 is 23.2 Å². The van der Waals surface area contributed by atoms with Gasteiger partial charge in [-0.2, -0.15) is 0 Å². The number of hydrogen-bond acceptors (Lipinski definition) is 3. The SMILES string of the molecule is CCN(CC(=O)Nc1c(Cl)cccc1Cl)C(=O)C1CCCCN1. The minimum absolute atomic E-state index is 0.0188. The molecule has 23 heavy (non-hydrogen) atoms. The number of amides is 2. The first-order chi connectivity index (χ1) is 11.0. The lowest BCUT2D eigenvalue weighted by atomic mass is 10.0. The molecule has 1 aliphatic heterocycles. The van der Waals surface area contributed by atoms with Gasteiger partial charge in [-0.3, -0.25) is 9.59 Å². The summed E-state index contributed by atoms with van der Waals surface area (Å²) in [5.41, 5.74) is 0.375. The Morgan fingerprint density at radius 2 is 2.00 bits per heavy atom. The van der Waals surface area contributed by atoms with E-state index in [-0.39, 0.29) is 24.4 Å². The number of halogens is 2. The first-order valence-electron chi connectivity index (χ1n) is 7.79. The van der Waals surface area contributed by atoms with Crippen molar-refractivity contribution in [1.82, 2.24) is 10.2 Å². The molecular weight excluding hydrogens is 337 g/mol. The van der Waals surface area contributed by atoms with Crippen LogP contribution in [0.5, 0.6) is 0 Å². The molecule has 1 fully saturated rings. The van der Waals surface area contributed by atoms with Gasteiger partial charge in [-0.05, 0) is 38.4 Å². The van der Waals surface area contributed by atoms with Crippen molar-refractivity contribution in [3.05, 3.63) is 28.2 Å². The molecule has 2 rings (SSSR count). The molecule has 0 aromatic heterocycles. The second kappa shape index (κ2) is 8.52. The van der Waals surface area contributed by atoms with Crippen LogP contribution in [0.3, 0.4) is 0 Å². The lowest BCUT2D eigenvalue weighted by molar-refractivity contribution is -0.136. The van der Waals surface area contributed by atoms with Crippen molar-refractivity contribution < 1.29 is 9.59 Å². The Morgan fingerprint density at radius 1 is 1.30 bits per heavy atom. The van der Waals surface area contributed by atoms with Crippen LogP contribution in [0.25, 0.3) is 0 Å². The molecule has 1 heterocycles. The summed E-state index contributed by atoms with van der Waals surface area (Å²) in [5.74, 6) is -0.349. The summed E-state index contributed by atoms with van der Waals surface area (Å²) in [6, 6.07) is 4.81. The Morgan fingerprint density at radius 3 is 2.57 bits per heavy atom. The predicted octanol–water partition coefficient (Wildman–Crippen LogP) is 2.92. The zero-order chi connectivity index (χ0) is 16.8. The van der Waals surface area contributed by atoms with Crippen molar-refractivity contribution in [3.8, 4) is 0 Å². The number of carbonyl (C=O) groups excluding carboxylic acids is 2. The van der Waals surface area contributed by atoms with Crippen LogP contribution in [0.15, 0.2) is 18.2 Å². The Hall–Kier alpha value is -1.30. The molecule has 0 aliphatic carbocycles. The summed E-state index contributed by atoms with van der Waals surface area (Å²) in [5, 5.41) is 6.63. The van der Waals surface area contributed by atoms with Gasteiger partial charge in [-0.1, -0.05) is 35.7 Å². The molecule has 1 unspecified atom stereocenters. The normalized spacial score (nSPS) is 17.6. The van der Waals surface area contributed by atoms with E-state index in [0.29, 0.717) is 22.3 Å². The second-order valence-corrected chi connectivity index (χ2v) is 6.31. The molecule has 1 aliphatic rings. The molecule has 1 aromatic rings. The fourth-order valence-corrected chi connectivity index (χ4v) is 3.09. The third-order valence-electron chi connectivity index (χ3n) is 3.86. The van der Waals surface area contributed by atoms with E-state index in [1.165, 1.54) is 0 Å². The Balaban J connectivity index is 1.98. The second-order valence-electron chi connectivity index (χ2n) is 5.50. The summed E-state index contributed by atoms with van der Waals surface area (Å²) in [4.78, 5) is 26.3. The number of nitrogens with zero attached hydrogens (tertiary/aromatic N) is 1. The van der Waals surface area contributed by atoms with Gasteiger partial charge in [0, 0.05) is 6.54 Å². The van der Waals surface area contributed by atoms with Gasteiger partial charge in [0.2, 0.25) is 11.8 Å². The molecule has 1 saturated heterocycles. The highest BCUT2D eigenvalue weighted by Crippen LogP contribution is 2.29. The average Bonchev–Trinajstić information content (AvgIpc) is 2.56. The van der Waals surface area contributed by atoms with Crippen LogP contribution in [0, 0.1) is 0 Å². The standard InChI is InChI=1S/C16H21Cl2N3O2/c1-2-21(16(23)13-8-3-4-9-19-13)10-14(22)20-15-11(17)6-5-7-12(15)18/h5-7,13,19H,2-4,8-10H2,1H3,(H,20,22). The number of rotatable bonds is 5. The average molecular weight is 358 g/mol. The minimum atomic E-state index is -0.314. The number of anilines is 1. The zero-order valence-corrected chi connectivity index (χ0v) is 14.6. The maximum absolute atomic E-state index is 12.5. The third kappa shape index (κ3) is 4.83. The van der Waals surface area contributed by atoms with Gasteiger partial charge in [0.1, 0.15) is 0 Å². The summed E-state index contributed by atoms with van der Waals surface area (Å²) < 4.78 is 0. The van der Waals surface area contributed by atoms with Crippen LogP contribution in [0.4, 0.5) is 5.69 Å². The molecule has 2 N–H and O–H groups in total. The maximum atomic E-state index is 12.5. The van der Waals surface area contributed by atoms with Crippen molar-refractivity contribution >= 4 is 40.7 Å². The topological polar surface area (TPSA) is 61.4 Å². The molecule has 1 aromatic carbocycles. The maximum Gasteiger partial charge on any atom is 0.244 e. The van der Waals surface area contributed by atoms with Gasteiger partial charge in [0.15, 0.2) is 0 Å². The molecule has 126 valence electrons. The van der Waals surface area contributed by atoms with E-state index in [4.69, 9.17) is 23.2 Å². The van der Waals surface area contributed by atoms with Crippen LogP contribution in [0.2, 0.25) is 10.0 Å². The quantitative estimate of drug-likeness (QED) is 0.851. The fourth-order valence-electron chi connectivity index (χ4n) is 2.60. The van der Waals surface area contributed by atoms with Crippen molar-refractivity contribution in [2.45, 2.75) is 32.2 Å². The third-order valence-corrected chi connectivity index (χ3v) is 4.49. The minimum Gasteiger partial charge on any atom is -0.332 e. The first-order valence-corrected chi connectivity index (χ1v) is 8.54. The van der Waals surface area contributed by atoms with E-state index in [0.717, 1.165) is 25.8 Å². The number of benzene rings is 1. The molecule has 0 bridgehead atoms. The van der Waals surface area contributed by atoms with Crippen molar-refractivity contribution in [2.24, 2.45) is 0 Å². The van der Waals surface area contributed by atoms with E-state index in [1.54, 1.807) is 23.1 Å². The van der Waals surface area contributed by atoms with Crippen molar-refractivity contribution in [2.75, 3.05) is 25.0 Å². The summed E-state index contributed by atoms with van der Waals surface area (Å²) in [7, 11) is 0. The largest absolute Gasteiger partial charge is 0.332 e. The monoisotopic (exact) mass is 357 g/mol. The molecule has 2 amide bonds. The van der Waals surface area contributed by atoms with E-state index in [9.17, 15) is 9.59 Å². The van der Waals surface area contributed by atoms with Gasteiger partial charge in [-0.25, -0.2) is 0 Å². The number of hydrogen-bond donors (Lipinski definition) is 2. The Labute approximate surface area is 146 Å². The van der Waals surface area contributed by atoms with Gasteiger partial charge in [0.25, 0.3) is 0 Å². The number of para-hydroxylation sites is 1. The Bertz CT molecular complexity index is 554. The number of carbonyl (C=O) groups is 2. The number of piperidine rings is 1. The lowest BCUT2D eigenvalue weighted by Gasteiger charge is -2.29. The van der Waals surface area contributed by atoms with Crippen LogP contribution in [-0.4, -0.2) is 42.4 Å². The van der Waals surface area contributed by atoms with Crippen LogP contribution in [0.1, 0.15) is 26.2 Å². The Kier molecular flexibility index (Phi) is 6.69. The smallest absolute Gasteiger partial charge is 0.244 e. The fraction of sp³-hybridized carbons (Fsp3) is 0.500. The van der Waals surface area contributed by atoms with Gasteiger partial charge < -0.3 is 15.5 Å². The van der Waals surface area contributed by atoms with Crippen molar-refractivity contribution in [1.29, 1.82) is 0 Å². The summed E-state index contributed by atoms with van der Waals surface area (Å²) >= 11 is 12.1. The summed E-state index contributed by atoms with van der Waals surface area (Å²) in [6.07, 6.45) is 2.93. The molecule has 0 spiro atoms. The van der Waals surface area contributed by atoms with E-state index in [1.807, 2.05) is 6.92 Å². The molecule has 0 saturated carbocycles. The molecule has 1 atom stereocenters. The summed E-state index contributed by atoms with van der Waals surface area (Å²) in [6.45, 7) is 3.15. The van der Waals surface area contributed by atoms with Gasteiger partial charge in [0.05, 0.1) is 28.3 Å². The lowest BCUT2D eigenvalue weighted by Crippen LogP contribution is -2.50. The highest BCUT2D eigenvalue weighted by atomic mass is 35.5. The van der Waals surface area contributed by atoms with Crippen LogP contribution < -0.4 is 10.6 Å². The number of likely N-dealkylation sites (N-methyl/N-ethyl adjacent to an activating group) is 1. The highest BCUT2D eigenvalue weighted by molar-refractivity contribution is 6.39. The van der Waals surface area contributed by atoms with Crippen LogP contribution in [-0.2, 0) is 9.59 Å². The van der Waals surface area contributed by atoms with Gasteiger partial charge in [-0.15, -0.1) is 0 Å². The predicted molar refractivity (Wildman–Crippen MR) is 93.0 cm³/mol. The zero-order valence-electron chi connectivity index (χ0n) is 13.1. The first kappa shape index (κ1) is 18.0. The highest BCUT2D eigenvalue weighted by Gasteiger charge is 2.26. The van der Waals surface area contributed by atoms with E-state index in [2.05, 4.69) is 10.6 Å². The molecular formula is C16H21Cl2N3O2. The number of nitrogens with one attached hydrogen (secondary N) is 2. The van der Waals surface area contributed by atoms with Gasteiger partial charge >= 0.3 is 0 Å². The molecule has 7 heteroatoms. The molecule has 5 nitrogen and oxygen atoms in total. The molecule has 0 radical (unpaired) electrons.